The number of aromatic nitrogens is 1. The highest BCUT2D eigenvalue weighted by Gasteiger charge is 2.45. The van der Waals surface area contributed by atoms with Gasteiger partial charge < -0.3 is 24.8 Å². The molecule has 0 spiro atoms. The van der Waals surface area contributed by atoms with Crippen LogP contribution in [0.15, 0.2) is 54.7 Å². The van der Waals surface area contributed by atoms with E-state index in [1.807, 2.05) is 17.0 Å². The number of nitrogens with one attached hydrogen (secondary N) is 2. The normalized spacial score (nSPS) is 20.9. The number of rotatable bonds is 11. The molecule has 1 unspecified atom stereocenters. The first-order valence-corrected chi connectivity index (χ1v) is 21.1. The summed E-state index contributed by atoms with van der Waals surface area (Å²) < 4.78 is 46.4. The maximum atomic E-state index is 13.5. The summed E-state index contributed by atoms with van der Waals surface area (Å²) in [5.41, 5.74) is 0.439. The van der Waals surface area contributed by atoms with Crippen LogP contribution in [0.5, 0.6) is 5.75 Å². The molecule has 8 rings (SSSR count). The molecule has 5 aliphatic heterocycles. The number of nitrogens with zero attached hydrogens (tertiary/aromatic N) is 7. The van der Waals surface area contributed by atoms with Gasteiger partial charge in [0.25, 0.3) is 11.8 Å². The van der Waals surface area contributed by atoms with Gasteiger partial charge in [-0.05, 0) is 80.5 Å². The number of halogens is 3. The van der Waals surface area contributed by atoms with Crippen molar-refractivity contribution in [2.45, 2.75) is 50.7 Å². The Bertz CT molecular complexity index is 2240. The predicted octanol–water partition coefficient (Wildman–Crippen LogP) is 4.82. The molecule has 0 saturated carbocycles. The summed E-state index contributed by atoms with van der Waals surface area (Å²) in [6.07, 6.45) is 0.435. The lowest BCUT2D eigenvalue weighted by Gasteiger charge is -2.39. The van der Waals surface area contributed by atoms with Crippen LogP contribution in [0.2, 0.25) is 0 Å². The Morgan fingerprint density at radius 1 is 0.823 bits per heavy atom. The highest BCUT2D eigenvalue weighted by molar-refractivity contribution is 6.23. The first kappa shape index (κ1) is 42.6. The van der Waals surface area contributed by atoms with Gasteiger partial charge in [0.15, 0.2) is 5.69 Å². The Hall–Kier alpha value is -6.06. The number of carbonyl (C=O) groups is 5. The molecule has 2 aromatic carbocycles. The maximum Gasteiger partial charge on any atom is 0.407 e. The third kappa shape index (κ3) is 9.38. The molecule has 18 heteroatoms. The van der Waals surface area contributed by atoms with Gasteiger partial charge in [-0.2, -0.15) is 13.2 Å². The number of amides is 5. The molecule has 62 heavy (non-hydrogen) atoms. The van der Waals surface area contributed by atoms with Gasteiger partial charge in [0.1, 0.15) is 24.2 Å². The fraction of sp³-hybridized carbons (Fsp3) is 0.477. The van der Waals surface area contributed by atoms with Gasteiger partial charge in [-0.25, -0.2) is 9.83 Å². The first-order valence-electron chi connectivity index (χ1n) is 21.1. The Morgan fingerprint density at radius 3 is 2.18 bits per heavy atom. The molecule has 2 N–H and O–H groups in total. The lowest BCUT2D eigenvalue weighted by Crippen LogP contribution is -2.54. The Kier molecular flexibility index (Phi) is 12.5. The summed E-state index contributed by atoms with van der Waals surface area (Å²) >= 11 is 0. The number of alkyl halides is 3. The summed E-state index contributed by atoms with van der Waals surface area (Å²) in [5.74, 6) is -1.08. The van der Waals surface area contributed by atoms with Crippen molar-refractivity contribution in [2.75, 3.05) is 87.2 Å². The Labute approximate surface area is 357 Å². The van der Waals surface area contributed by atoms with Gasteiger partial charge in [0.05, 0.1) is 35.1 Å². The third-order valence-corrected chi connectivity index (χ3v) is 12.7. The van der Waals surface area contributed by atoms with Crippen LogP contribution in [0, 0.1) is 18.4 Å². The van der Waals surface area contributed by atoms with Gasteiger partial charge in [-0.15, -0.1) is 0 Å². The molecular weight excluding hydrogens is 808 g/mol. The van der Waals surface area contributed by atoms with Gasteiger partial charge in [0, 0.05) is 83.5 Å². The molecule has 4 saturated heterocycles. The third-order valence-electron chi connectivity index (χ3n) is 12.7. The van der Waals surface area contributed by atoms with Crippen molar-refractivity contribution < 1.29 is 41.9 Å². The summed E-state index contributed by atoms with van der Waals surface area (Å²) in [6.45, 7) is 15.7. The number of anilines is 3. The van der Waals surface area contributed by atoms with E-state index in [1.54, 1.807) is 24.4 Å². The van der Waals surface area contributed by atoms with Crippen molar-refractivity contribution >= 4 is 52.4 Å². The molecule has 1 aromatic heterocycles. The van der Waals surface area contributed by atoms with E-state index in [4.69, 9.17) is 11.3 Å². The second-order valence-electron chi connectivity index (χ2n) is 16.5. The quantitative estimate of drug-likeness (QED) is 0.202. The number of hydrogen-bond donors (Lipinski definition) is 2. The average molecular weight is 856 g/mol. The minimum Gasteiger partial charge on any atom is -0.492 e. The van der Waals surface area contributed by atoms with Crippen LogP contribution < -0.4 is 25.2 Å². The van der Waals surface area contributed by atoms with Gasteiger partial charge >= 0.3 is 6.18 Å². The van der Waals surface area contributed by atoms with E-state index in [0.717, 1.165) is 75.3 Å². The number of piperazine rings is 1. The van der Waals surface area contributed by atoms with Crippen molar-refractivity contribution in [3.63, 3.8) is 0 Å². The van der Waals surface area contributed by atoms with Crippen molar-refractivity contribution in [1.29, 1.82) is 0 Å². The molecule has 3 aromatic rings. The molecule has 5 amide bonds. The van der Waals surface area contributed by atoms with E-state index in [-0.39, 0.29) is 35.8 Å². The Morgan fingerprint density at radius 2 is 1.50 bits per heavy atom. The first-order chi connectivity index (χ1) is 29.8. The smallest absolute Gasteiger partial charge is 0.407 e. The average Bonchev–Trinajstić information content (AvgIpc) is 3.52. The highest BCUT2D eigenvalue weighted by atomic mass is 19.4. The molecule has 0 aliphatic carbocycles. The van der Waals surface area contributed by atoms with E-state index >= 15 is 0 Å². The van der Waals surface area contributed by atoms with E-state index in [2.05, 4.69) is 35.2 Å². The van der Waals surface area contributed by atoms with E-state index in [9.17, 15) is 37.1 Å². The van der Waals surface area contributed by atoms with Crippen LogP contribution in [0.4, 0.5) is 36.1 Å². The number of benzene rings is 2. The number of piperidine rings is 3. The van der Waals surface area contributed by atoms with Crippen LogP contribution in [0.25, 0.3) is 4.85 Å². The fourth-order valence-corrected chi connectivity index (χ4v) is 9.09. The van der Waals surface area contributed by atoms with E-state index < -0.39 is 47.1 Å². The molecule has 0 radical (unpaired) electrons. The summed E-state index contributed by atoms with van der Waals surface area (Å²) in [7, 11) is 0. The Balaban J connectivity index is 0.717. The summed E-state index contributed by atoms with van der Waals surface area (Å²) in [6, 6.07) is 11.3. The molecule has 1 atom stereocenters. The molecule has 15 nitrogen and oxygen atoms in total. The van der Waals surface area contributed by atoms with Gasteiger partial charge in [-0.1, -0.05) is 6.07 Å². The number of fused-ring (bicyclic) bond motifs is 1. The van der Waals surface area contributed by atoms with Gasteiger partial charge in [-0.3, -0.25) is 39.1 Å². The van der Waals surface area contributed by atoms with Crippen molar-refractivity contribution in [1.82, 2.24) is 25.0 Å². The largest absolute Gasteiger partial charge is 0.492 e. The van der Waals surface area contributed by atoms with Crippen LogP contribution >= 0.6 is 0 Å². The second-order valence-corrected chi connectivity index (χ2v) is 16.5. The highest BCUT2D eigenvalue weighted by Crippen LogP contribution is 2.39. The summed E-state index contributed by atoms with van der Waals surface area (Å²) in [5, 5.41) is 5.12. The minimum atomic E-state index is -4.62. The number of ether oxygens (including phenoxy) is 1. The standard InChI is InChI=1S/C44H48F3N9O6/c1-48-36-6-2-30(24-35(36)44(45,46)47)54-16-12-29(13-17-54)40(58)50-38-8-3-31(26-49-38)55-14-10-28(11-15-55)27-53-20-18-52(19-21-53)22-23-62-32-4-5-33-34(25-32)43(61)56(42(33)60)37-7-9-39(57)51-41(37)59/h2-6,8,24-26,28-29,37H,7,9-23,27H2,(H,49,50,58)(H,51,57,59). The van der Waals surface area contributed by atoms with E-state index in [1.165, 1.54) is 12.1 Å². The van der Waals surface area contributed by atoms with Crippen LogP contribution in [0.1, 0.15) is 64.8 Å². The maximum absolute atomic E-state index is 13.5. The zero-order valence-corrected chi connectivity index (χ0v) is 34.2. The van der Waals surface area contributed by atoms with Gasteiger partial charge in [0.2, 0.25) is 17.7 Å². The van der Waals surface area contributed by atoms with Crippen molar-refractivity contribution in [3.8, 4) is 5.75 Å². The SMILES string of the molecule is [C-]#[N+]c1ccc(N2CCC(C(=O)Nc3ccc(N4CCC(CN5CCN(CCOc6ccc7c(c6)C(=O)N(C6CCC(=O)NC6=O)C7=O)CC5)CC4)cn3)CC2)cc1C(F)(F)F. The van der Waals surface area contributed by atoms with E-state index in [0.29, 0.717) is 62.3 Å². The zero-order valence-electron chi connectivity index (χ0n) is 34.2. The monoisotopic (exact) mass is 855 g/mol. The van der Waals surface area contributed by atoms with Crippen molar-refractivity contribution in [2.24, 2.45) is 11.8 Å². The zero-order chi connectivity index (χ0) is 43.5. The number of hydrogen-bond acceptors (Lipinski definition) is 11. The lowest BCUT2D eigenvalue weighted by molar-refractivity contribution is -0.137. The number of imide groups is 2. The number of carbonyl (C=O) groups excluding carboxylic acids is 5. The van der Waals surface area contributed by atoms with Crippen LogP contribution in [-0.4, -0.2) is 127 Å². The number of pyridine rings is 1. The molecule has 4 fully saturated rings. The summed E-state index contributed by atoms with van der Waals surface area (Å²) in [4.78, 5) is 80.6. The van der Waals surface area contributed by atoms with Crippen LogP contribution in [-0.2, 0) is 20.6 Å². The predicted molar refractivity (Wildman–Crippen MR) is 222 cm³/mol. The molecule has 6 heterocycles. The van der Waals surface area contributed by atoms with Crippen LogP contribution in [0.3, 0.4) is 0 Å². The van der Waals surface area contributed by atoms with Crippen molar-refractivity contribution in [3.05, 3.63) is 82.8 Å². The molecule has 5 aliphatic rings. The minimum absolute atomic E-state index is 0.0652. The molecule has 326 valence electrons. The topological polar surface area (TPSA) is 152 Å². The molecule has 0 bridgehead atoms. The lowest BCUT2D eigenvalue weighted by atomic mass is 9.95. The molecular formula is C44H48F3N9O6. The fourth-order valence-electron chi connectivity index (χ4n) is 9.09. The second kappa shape index (κ2) is 18.1.